The van der Waals surface area contributed by atoms with Crippen LogP contribution >= 0.6 is 0 Å². The Morgan fingerprint density at radius 1 is 0.958 bits per heavy atom. The third-order valence-corrected chi connectivity index (χ3v) is 3.38. The third-order valence-electron chi connectivity index (χ3n) is 3.38. The lowest BCUT2D eigenvalue weighted by molar-refractivity contribution is 0.104. The van der Waals surface area contributed by atoms with Gasteiger partial charge in [0.15, 0.2) is 5.78 Å². The lowest BCUT2D eigenvalue weighted by atomic mass is 10.1. The van der Waals surface area contributed by atoms with E-state index in [4.69, 9.17) is 9.47 Å². The number of hydrogen-bond acceptors (Lipinski definition) is 3. The Kier molecular flexibility index (Phi) is 7.09. The van der Waals surface area contributed by atoms with E-state index >= 15 is 0 Å². The summed E-state index contributed by atoms with van der Waals surface area (Å²) < 4.78 is 11.3. The normalized spacial score (nSPS) is 10.8. The summed E-state index contributed by atoms with van der Waals surface area (Å²) in [5.41, 5.74) is 1.52. The molecular formula is C21H24O3. The third kappa shape index (κ3) is 5.27. The topological polar surface area (TPSA) is 35.5 Å². The molecule has 0 atom stereocenters. The summed E-state index contributed by atoms with van der Waals surface area (Å²) in [6.07, 6.45) is 5.20. The van der Waals surface area contributed by atoms with Gasteiger partial charge in [-0.3, -0.25) is 4.79 Å². The summed E-state index contributed by atoms with van der Waals surface area (Å²) in [5, 5.41) is 0. The summed E-state index contributed by atoms with van der Waals surface area (Å²) in [6, 6.07) is 15.2. The summed E-state index contributed by atoms with van der Waals surface area (Å²) in [4.78, 5) is 12.6. The van der Waals surface area contributed by atoms with E-state index in [1.807, 2.05) is 62.4 Å². The largest absolute Gasteiger partial charge is 0.494 e. The number of ketones is 1. The minimum Gasteiger partial charge on any atom is -0.494 e. The standard InChI is InChI=1S/C21H24O3/c1-3-14-23-18-11-13-21(24-15-4-2)19(16-18)20(22)12-10-17-8-6-5-7-9-17/h5-13,16H,3-4,14-15H2,1-2H3/b12-10+. The molecule has 0 radical (unpaired) electrons. The van der Waals surface area contributed by atoms with Gasteiger partial charge in [0.25, 0.3) is 0 Å². The van der Waals surface area contributed by atoms with Gasteiger partial charge in [0.2, 0.25) is 0 Å². The van der Waals surface area contributed by atoms with Crippen molar-refractivity contribution in [2.45, 2.75) is 26.7 Å². The monoisotopic (exact) mass is 324 g/mol. The zero-order chi connectivity index (χ0) is 17.2. The molecule has 0 aliphatic heterocycles. The van der Waals surface area contributed by atoms with Gasteiger partial charge in [0.05, 0.1) is 18.8 Å². The smallest absolute Gasteiger partial charge is 0.189 e. The number of carbonyl (C=O) groups is 1. The Morgan fingerprint density at radius 2 is 1.67 bits per heavy atom. The molecule has 0 amide bonds. The Morgan fingerprint density at radius 3 is 2.38 bits per heavy atom. The van der Waals surface area contributed by atoms with Gasteiger partial charge in [0, 0.05) is 0 Å². The fourth-order valence-electron chi connectivity index (χ4n) is 2.18. The predicted octanol–water partition coefficient (Wildman–Crippen LogP) is 5.16. The number of allylic oxidation sites excluding steroid dienone is 1. The van der Waals surface area contributed by atoms with Crippen LogP contribution in [0.15, 0.2) is 54.6 Å². The maximum atomic E-state index is 12.6. The molecular weight excluding hydrogens is 300 g/mol. The van der Waals surface area contributed by atoms with Crippen molar-refractivity contribution in [3.05, 3.63) is 65.7 Å². The molecule has 0 aliphatic carbocycles. The highest BCUT2D eigenvalue weighted by Gasteiger charge is 2.12. The van der Waals surface area contributed by atoms with Crippen LogP contribution in [0.2, 0.25) is 0 Å². The van der Waals surface area contributed by atoms with Crippen molar-refractivity contribution < 1.29 is 14.3 Å². The van der Waals surface area contributed by atoms with Crippen molar-refractivity contribution in [3.63, 3.8) is 0 Å². The highest BCUT2D eigenvalue weighted by molar-refractivity contribution is 6.08. The second kappa shape index (κ2) is 9.56. The van der Waals surface area contributed by atoms with Crippen molar-refractivity contribution in [2.24, 2.45) is 0 Å². The first kappa shape index (κ1) is 17.8. The van der Waals surface area contributed by atoms with E-state index in [0.29, 0.717) is 30.3 Å². The molecule has 126 valence electrons. The average molecular weight is 324 g/mol. The van der Waals surface area contributed by atoms with E-state index in [0.717, 1.165) is 18.4 Å². The van der Waals surface area contributed by atoms with Gasteiger partial charge < -0.3 is 9.47 Å². The van der Waals surface area contributed by atoms with Crippen LogP contribution in [0.3, 0.4) is 0 Å². The van der Waals surface area contributed by atoms with Gasteiger partial charge in [0.1, 0.15) is 11.5 Å². The lowest BCUT2D eigenvalue weighted by Gasteiger charge is -2.11. The molecule has 0 heterocycles. The summed E-state index contributed by atoms with van der Waals surface area (Å²) in [5.74, 6) is 1.20. The van der Waals surface area contributed by atoms with Gasteiger partial charge in [-0.25, -0.2) is 0 Å². The summed E-state index contributed by atoms with van der Waals surface area (Å²) in [6.45, 7) is 5.30. The molecule has 2 aromatic rings. The molecule has 0 unspecified atom stereocenters. The zero-order valence-electron chi connectivity index (χ0n) is 14.3. The Labute approximate surface area is 143 Å². The van der Waals surface area contributed by atoms with Gasteiger partial charge in [-0.1, -0.05) is 50.3 Å². The number of benzene rings is 2. The molecule has 0 saturated heterocycles. The van der Waals surface area contributed by atoms with Gasteiger partial charge in [-0.2, -0.15) is 0 Å². The summed E-state index contributed by atoms with van der Waals surface area (Å²) in [7, 11) is 0. The number of carbonyl (C=O) groups excluding carboxylic acids is 1. The molecule has 0 saturated carbocycles. The van der Waals surface area contributed by atoms with Crippen LogP contribution in [-0.4, -0.2) is 19.0 Å². The van der Waals surface area contributed by atoms with Gasteiger partial charge in [-0.05, 0) is 42.7 Å². The Hall–Kier alpha value is -2.55. The second-order valence-corrected chi connectivity index (χ2v) is 5.46. The average Bonchev–Trinajstić information content (AvgIpc) is 2.63. The molecule has 3 nitrogen and oxygen atoms in total. The molecule has 24 heavy (non-hydrogen) atoms. The number of rotatable bonds is 9. The zero-order valence-corrected chi connectivity index (χ0v) is 14.3. The minimum absolute atomic E-state index is 0.0908. The van der Waals surface area contributed by atoms with Crippen LogP contribution in [0.4, 0.5) is 0 Å². The first-order chi connectivity index (χ1) is 11.7. The highest BCUT2D eigenvalue weighted by Crippen LogP contribution is 2.26. The summed E-state index contributed by atoms with van der Waals surface area (Å²) >= 11 is 0. The van der Waals surface area contributed by atoms with E-state index in [1.165, 1.54) is 0 Å². The molecule has 2 rings (SSSR count). The van der Waals surface area contributed by atoms with Crippen molar-refractivity contribution in [3.8, 4) is 11.5 Å². The molecule has 0 fully saturated rings. The fourth-order valence-corrected chi connectivity index (χ4v) is 2.18. The van der Waals surface area contributed by atoms with E-state index < -0.39 is 0 Å². The van der Waals surface area contributed by atoms with E-state index in [2.05, 4.69) is 0 Å². The Balaban J connectivity index is 2.22. The van der Waals surface area contributed by atoms with E-state index in [-0.39, 0.29) is 5.78 Å². The fraction of sp³-hybridized carbons (Fsp3) is 0.286. The first-order valence-electron chi connectivity index (χ1n) is 8.41. The van der Waals surface area contributed by atoms with Crippen LogP contribution in [-0.2, 0) is 0 Å². The van der Waals surface area contributed by atoms with Crippen LogP contribution in [0.5, 0.6) is 11.5 Å². The Bertz CT molecular complexity index is 675. The van der Waals surface area contributed by atoms with E-state index in [9.17, 15) is 4.79 Å². The molecule has 0 aromatic heterocycles. The molecule has 2 aromatic carbocycles. The van der Waals surface area contributed by atoms with Crippen molar-refractivity contribution >= 4 is 11.9 Å². The second-order valence-electron chi connectivity index (χ2n) is 5.46. The van der Waals surface area contributed by atoms with Crippen molar-refractivity contribution in [1.82, 2.24) is 0 Å². The van der Waals surface area contributed by atoms with Gasteiger partial charge in [-0.15, -0.1) is 0 Å². The number of ether oxygens (including phenoxy) is 2. The van der Waals surface area contributed by atoms with Gasteiger partial charge >= 0.3 is 0 Å². The molecule has 0 N–H and O–H groups in total. The molecule has 0 aliphatic rings. The highest BCUT2D eigenvalue weighted by atomic mass is 16.5. The molecule has 3 heteroatoms. The predicted molar refractivity (Wildman–Crippen MR) is 97.8 cm³/mol. The molecule has 0 bridgehead atoms. The number of hydrogen-bond donors (Lipinski definition) is 0. The van der Waals surface area contributed by atoms with Crippen molar-refractivity contribution in [1.29, 1.82) is 0 Å². The SMILES string of the molecule is CCCOc1ccc(OCCC)c(C(=O)/C=C/c2ccccc2)c1. The first-order valence-corrected chi connectivity index (χ1v) is 8.41. The van der Waals surface area contributed by atoms with Crippen LogP contribution in [0.25, 0.3) is 6.08 Å². The lowest BCUT2D eigenvalue weighted by Crippen LogP contribution is -2.04. The maximum Gasteiger partial charge on any atom is 0.189 e. The minimum atomic E-state index is -0.0908. The quantitative estimate of drug-likeness (QED) is 0.472. The van der Waals surface area contributed by atoms with Crippen LogP contribution in [0, 0.1) is 0 Å². The molecule has 0 spiro atoms. The van der Waals surface area contributed by atoms with Crippen LogP contribution in [0.1, 0.15) is 42.6 Å². The van der Waals surface area contributed by atoms with Crippen LogP contribution < -0.4 is 9.47 Å². The van der Waals surface area contributed by atoms with Crippen molar-refractivity contribution in [2.75, 3.05) is 13.2 Å². The van der Waals surface area contributed by atoms with E-state index in [1.54, 1.807) is 12.1 Å². The maximum absolute atomic E-state index is 12.6.